The number of non-ortho nitro benzene ring substituents is 1. The molecule has 112 valence electrons. The van der Waals surface area contributed by atoms with Crippen LogP contribution in [0.4, 0.5) is 5.69 Å². The molecule has 0 spiro atoms. The van der Waals surface area contributed by atoms with Crippen molar-refractivity contribution in [1.82, 2.24) is 0 Å². The number of rotatable bonds is 4. The minimum absolute atomic E-state index is 0.0637. The number of benzene rings is 1. The molecule has 2 heterocycles. The lowest BCUT2D eigenvalue weighted by Gasteiger charge is -2.12. The molecule has 1 aromatic carbocycles. The van der Waals surface area contributed by atoms with E-state index in [1.165, 1.54) is 12.1 Å². The lowest BCUT2D eigenvalue weighted by atomic mass is 9.94. The van der Waals surface area contributed by atoms with Crippen LogP contribution < -0.4 is 0 Å². The molecule has 0 N–H and O–H groups in total. The maximum absolute atomic E-state index is 10.8. The van der Waals surface area contributed by atoms with E-state index in [-0.39, 0.29) is 11.6 Å². The molecule has 0 aliphatic rings. The molecule has 0 bridgehead atoms. The Morgan fingerprint density at radius 2 is 1.36 bits per heavy atom. The second-order valence-electron chi connectivity index (χ2n) is 5.18. The summed E-state index contributed by atoms with van der Waals surface area (Å²) < 4.78 is 11.5. The van der Waals surface area contributed by atoms with Gasteiger partial charge in [0.05, 0.1) is 4.92 Å². The SMILES string of the molecule is Cc1ccc(C(c2ccc([N+](=O)[O-])cc2)c2ccc(C)o2)o1. The molecule has 0 saturated heterocycles. The summed E-state index contributed by atoms with van der Waals surface area (Å²) in [5.41, 5.74) is 0.947. The highest BCUT2D eigenvalue weighted by Gasteiger charge is 2.23. The standard InChI is InChI=1S/C17H15NO4/c1-11-3-9-15(21-11)17(16-10-4-12(2)22-16)13-5-7-14(8-6-13)18(19)20/h3-10,17H,1-2H3. The maximum atomic E-state index is 10.8. The van der Waals surface area contributed by atoms with E-state index in [4.69, 9.17) is 8.83 Å². The van der Waals surface area contributed by atoms with Crippen LogP contribution in [-0.4, -0.2) is 4.92 Å². The van der Waals surface area contributed by atoms with Gasteiger partial charge >= 0.3 is 0 Å². The van der Waals surface area contributed by atoms with Crippen molar-refractivity contribution in [1.29, 1.82) is 0 Å². The Bertz CT molecular complexity index is 758. The zero-order valence-electron chi connectivity index (χ0n) is 12.3. The first-order valence-electron chi connectivity index (χ1n) is 6.91. The van der Waals surface area contributed by atoms with E-state index in [9.17, 15) is 10.1 Å². The first kappa shape index (κ1) is 14.1. The zero-order valence-corrected chi connectivity index (χ0v) is 12.3. The van der Waals surface area contributed by atoms with Crippen LogP contribution in [0.1, 0.15) is 34.5 Å². The van der Waals surface area contributed by atoms with Gasteiger partial charge < -0.3 is 8.83 Å². The molecule has 0 radical (unpaired) electrons. The van der Waals surface area contributed by atoms with Crippen molar-refractivity contribution in [3.8, 4) is 0 Å². The summed E-state index contributed by atoms with van der Waals surface area (Å²) in [6.07, 6.45) is 0. The summed E-state index contributed by atoms with van der Waals surface area (Å²) >= 11 is 0. The molecule has 0 atom stereocenters. The van der Waals surface area contributed by atoms with E-state index >= 15 is 0 Å². The van der Waals surface area contributed by atoms with Gasteiger partial charge in [-0.05, 0) is 43.7 Å². The number of nitro benzene ring substituents is 1. The largest absolute Gasteiger partial charge is 0.465 e. The van der Waals surface area contributed by atoms with E-state index in [1.54, 1.807) is 12.1 Å². The molecule has 3 rings (SSSR count). The Balaban J connectivity index is 2.07. The van der Waals surface area contributed by atoms with Crippen molar-refractivity contribution in [3.63, 3.8) is 0 Å². The topological polar surface area (TPSA) is 69.4 Å². The molecular formula is C17H15NO4. The van der Waals surface area contributed by atoms with Gasteiger partial charge in [0.2, 0.25) is 0 Å². The van der Waals surface area contributed by atoms with Gasteiger partial charge in [0, 0.05) is 12.1 Å². The molecule has 0 amide bonds. The zero-order chi connectivity index (χ0) is 15.7. The number of hydrogen-bond donors (Lipinski definition) is 0. The average Bonchev–Trinajstić information content (AvgIpc) is 3.09. The summed E-state index contributed by atoms with van der Waals surface area (Å²) in [4.78, 5) is 10.4. The van der Waals surface area contributed by atoms with Crippen LogP contribution >= 0.6 is 0 Å². The number of furan rings is 2. The first-order valence-corrected chi connectivity index (χ1v) is 6.91. The van der Waals surface area contributed by atoms with Crippen LogP contribution in [0.5, 0.6) is 0 Å². The van der Waals surface area contributed by atoms with Crippen LogP contribution in [0.15, 0.2) is 57.4 Å². The Hall–Kier alpha value is -2.82. The summed E-state index contributed by atoms with van der Waals surface area (Å²) in [7, 11) is 0. The lowest BCUT2D eigenvalue weighted by molar-refractivity contribution is -0.384. The normalized spacial score (nSPS) is 11.0. The van der Waals surface area contributed by atoms with E-state index in [0.29, 0.717) is 0 Å². The number of nitrogens with zero attached hydrogens (tertiary/aromatic N) is 1. The predicted octanol–water partition coefficient (Wildman–Crippen LogP) is 4.58. The molecule has 0 aliphatic carbocycles. The Morgan fingerprint density at radius 3 is 1.73 bits per heavy atom. The van der Waals surface area contributed by atoms with Crippen LogP contribution in [0.2, 0.25) is 0 Å². The molecule has 0 unspecified atom stereocenters. The van der Waals surface area contributed by atoms with Crippen molar-refractivity contribution >= 4 is 5.69 Å². The van der Waals surface area contributed by atoms with E-state index in [2.05, 4.69) is 0 Å². The van der Waals surface area contributed by atoms with Crippen molar-refractivity contribution in [2.24, 2.45) is 0 Å². The van der Waals surface area contributed by atoms with Crippen molar-refractivity contribution in [2.45, 2.75) is 19.8 Å². The van der Waals surface area contributed by atoms with Gasteiger partial charge in [-0.15, -0.1) is 0 Å². The van der Waals surface area contributed by atoms with E-state index < -0.39 is 4.92 Å². The number of hydrogen-bond acceptors (Lipinski definition) is 4. The minimum atomic E-state index is -0.410. The van der Waals surface area contributed by atoms with Gasteiger partial charge in [0.25, 0.3) is 5.69 Å². The fraction of sp³-hybridized carbons (Fsp3) is 0.176. The minimum Gasteiger partial charge on any atom is -0.465 e. The second-order valence-corrected chi connectivity index (χ2v) is 5.18. The Labute approximate surface area is 127 Å². The smallest absolute Gasteiger partial charge is 0.269 e. The third-order valence-corrected chi connectivity index (χ3v) is 3.53. The molecular weight excluding hydrogens is 282 g/mol. The third kappa shape index (κ3) is 2.65. The van der Waals surface area contributed by atoms with Crippen molar-refractivity contribution < 1.29 is 13.8 Å². The molecule has 5 nitrogen and oxygen atoms in total. The number of nitro groups is 1. The average molecular weight is 297 g/mol. The van der Waals surface area contributed by atoms with Crippen molar-refractivity contribution in [2.75, 3.05) is 0 Å². The highest BCUT2D eigenvalue weighted by atomic mass is 16.6. The molecule has 0 fully saturated rings. The van der Waals surface area contributed by atoms with Crippen LogP contribution in [0, 0.1) is 24.0 Å². The highest BCUT2D eigenvalue weighted by molar-refractivity contribution is 5.41. The van der Waals surface area contributed by atoms with Gasteiger partial charge in [-0.2, -0.15) is 0 Å². The van der Waals surface area contributed by atoms with Crippen LogP contribution in [0.25, 0.3) is 0 Å². The highest BCUT2D eigenvalue weighted by Crippen LogP contribution is 2.34. The molecule has 0 aliphatic heterocycles. The monoisotopic (exact) mass is 297 g/mol. The van der Waals surface area contributed by atoms with E-state index in [1.807, 2.05) is 38.1 Å². The Kier molecular flexibility index (Phi) is 3.55. The van der Waals surface area contributed by atoms with Gasteiger partial charge in [-0.3, -0.25) is 10.1 Å². The molecule has 3 aromatic rings. The molecule has 5 heteroatoms. The fourth-order valence-electron chi connectivity index (χ4n) is 2.47. The quantitative estimate of drug-likeness (QED) is 0.522. The summed E-state index contributed by atoms with van der Waals surface area (Å²) in [5.74, 6) is 2.90. The Morgan fingerprint density at radius 1 is 0.864 bits per heavy atom. The van der Waals surface area contributed by atoms with E-state index in [0.717, 1.165) is 28.6 Å². The molecule has 0 saturated carbocycles. The van der Waals surface area contributed by atoms with Crippen LogP contribution in [0.3, 0.4) is 0 Å². The maximum Gasteiger partial charge on any atom is 0.269 e. The number of aryl methyl sites for hydroxylation is 2. The van der Waals surface area contributed by atoms with Crippen LogP contribution in [-0.2, 0) is 0 Å². The van der Waals surface area contributed by atoms with Gasteiger partial charge in [-0.25, -0.2) is 0 Å². The third-order valence-electron chi connectivity index (χ3n) is 3.53. The first-order chi connectivity index (χ1) is 10.5. The van der Waals surface area contributed by atoms with Gasteiger partial charge in [0.15, 0.2) is 0 Å². The summed E-state index contributed by atoms with van der Waals surface area (Å²) in [6, 6.07) is 14.0. The second kappa shape index (κ2) is 5.52. The summed E-state index contributed by atoms with van der Waals surface area (Å²) in [6.45, 7) is 3.76. The van der Waals surface area contributed by atoms with Gasteiger partial charge in [-0.1, -0.05) is 12.1 Å². The lowest BCUT2D eigenvalue weighted by Crippen LogP contribution is -2.01. The molecule has 2 aromatic heterocycles. The fourth-order valence-corrected chi connectivity index (χ4v) is 2.47. The predicted molar refractivity (Wildman–Crippen MR) is 80.9 cm³/mol. The van der Waals surface area contributed by atoms with Gasteiger partial charge in [0.1, 0.15) is 29.0 Å². The molecule has 22 heavy (non-hydrogen) atoms. The van der Waals surface area contributed by atoms with Crippen molar-refractivity contribution in [3.05, 3.63) is 87.2 Å². The summed E-state index contributed by atoms with van der Waals surface area (Å²) in [5, 5.41) is 10.8.